The van der Waals surface area contributed by atoms with E-state index in [0.29, 0.717) is 6.04 Å². The summed E-state index contributed by atoms with van der Waals surface area (Å²) in [6, 6.07) is 7.51. The van der Waals surface area contributed by atoms with Crippen molar-refractivity contribution in [2.75, 3.05) is 18.4 Å². The highest BCUT2D eigenvalue weighted by molar-refractivity contribution is 5.34. The van der Waals surface area contributed by atoms with E-state index in [9.17, 15) is 0 Å². The minimum atomic E-state index is 0.588. The molecule has 3 rings (SSSR count). The Bertz CT molecular complexity index is 346. The molecule has 0 spiro atoms. The van der Waals surface area contributed by atoms with E-state index in [0.717, 1.165) is 11.9 Å². The Hall–Kier alpha value is -1.09. The summed E-state index contributed by atoms with van der Waals surface area (Å²) in [5.74, 6) is 1.02. The minimum Gasteiger partial charge on any atom is -0.366 e. The summed E-state index contributed by atoms with van der Waals surface area (Å²) in [4.78, 5) is 7.01. The van der Waals surface area contributed by atoms with Crippen LogP contribution in [0.3, 0.4) is 0 Å². The van der Waals surface area contributed by atoms with Crippen molar-refractivity contribution >= 4 is 5.82 Å². The second-order valence-corrected chi connectivity index (χ2v) is 5.28. The van der Waals surface area contributed by atoms with E-state index in [1.807, 2.05) is 18.3 Å². The molecule has 1 aliphatic heterocycles. The molecule has 92 valence electrons. The van der Waals surface area contributed by atoms with Gasteiger partial charge in [-0.3, -0.25) is 4.90 Å². The zero-order valence-electron chi connectivity index (χ0n) is 10.3. The molecule has 1 aliphatic carbocycles. The van der Waals surface area contributed by atoms with Crippen molar-refractivity contribution in [3.63, 3.8) is 0 Å². The molecule has 1 saturated carbocycles. The first-order valence-electron chi connectivity index (χ1n) is 6.83. The van der Waals surface area contributed by atoms with Crippen LogP contribution < -0.4 is 5.32 Å². The molecular weight excluding hydrogens is 210 g/mol. The zero-order chi connectivity index (χ0) is 11.5. The van der Waals surface area contributed by atoms with Gasteiger partial charge in [-0.05, 0) is 31.4 Å². The standard InChI is InChI=1S/C14H21N3/c1-2-6-13(5-1)17-10-8-12(11-17)16-14-7-3-4-9-15-14/h3-4,7,9,12-13H,1-2,5-6,8,10-11H2,(H,15,16). The van der Waals surface area contributed by atoms with Gasteiger partial charge in [0.15, 0.2) is 0 Å². The van der Waals surface area contributed by atoms with Gasteiger partial charge < -0.3 is 5.32 Å². The lowest BCUT2D eigenvalue weighted by Gasteiger charge is -2.23. The number of rotatable bonds is 3. The number of pyridine rings is 1. The van der Waals surface area contributed by atoms with E-state index in [2.05, 4.69) is 21.3 Å². The molecule has 1 N–H and O–H groups in total. The quantitative estimate of drug-likeness (QED) is 0.866. The van der Waals surface area contributed by atoms with Crippen LogP contribution in [0.2, 0.25) is 0 Å². The summed E-state index contributed by atoms with van der Waals surface area (Å²) in [6.07, 6.45) is 8.80. The third-order valence-electron chi connectivity index (χ3n) is 4.08. The average Bonchev–Trinajstić information content (AvgIpc) is 3.00. The van der Waals surface area contributed by atoms with Crippen molar-refractivity contribution in [3.05, 3.63) is 24.4 Å². The Balaban J connectivity index is 1.53. The lowest BCUT2D eigenvalue weighted by Crippen LogP contribution is -2.33. The molecule has 2 heterocycles. The van der Waals surface area contributed by atoms with Gasteiger partial charge in [0.05, 0.1) is 0 Å². The highest BCUT2D eigenvalue weighted by Gasteiger charge is 2.29. The predicted molar refractivity (Wildman–Crippen MR) is 70.1 cm³/mol. The van der Waals surface area contributed by atoms with Gasteiger partial charge in [-0.25, -0.2) is 4.98 Å². The number of aromatic nitrogens is 1. The van der Waals surface area contributed by atoms with E-state index >= 15 is 0 Å². The van der Waals surface area contributed by atoms with Crippen LogP contribution in [-0.4, -0.2) is 35.1 Å². The van der Waals surface area contributed by atoms with Crippen molar-refractivity contribution < 1.29 is 0 Å². The third kappa shape index (κ3) is 2.60. The molecule has 1 unspecified atom stereocenters. The van der Waals surface area contributed by atoms with Crippen molar-refractivity contribution in [3.8, 4) is 0 Å². The first-order chi connectivity index (χ1) is 8.42. The van der Waals surface area contributed by atoms with Gasteiger partial charge in [-0.1, -0.05) is 18.9 Å². The van der Waals surface area contributed by atoms with Crippen LogP contribution in [0.1, 0.15) is 32.1 Å². The van der Waals surface area contributed by atoms with Crippen LogP contribution in [0.4, 0.5) is 5.82 Å². The fourth-order valence-electron chi connectivity index (χ4n) is 3.16. The molecule has 0 bridgehead atoms. The molecule has 2 fully saturated rings. The van der Waals surface area contributed by atoms with Crippen LogP contribution in [0, 0.1) is 0 Å². The third-order valence-corrected chi connectivity index (χ3v) is 4.08. The van der Waals surface area contributed by atoms with Gasteiger partial charge in [0.25, 0.3) is 0 Å². The van der Waals surface area contributed by atoms with Gasteiger partial charge in [0.1, 0.15) is 5.82 Å². The molecule has 2 aliphatic rings. The Morgan fingerprint density at radius 1 is 1.18 bits per heavy atom. The molecule has 0 radical (unpaired) electrons. The summed E-state index contributed by atoms with van der Waals surface area (Å²) >= 11 is 0. The summed E-state index contributed by atoms with van der Waals surface area (Å²) < 4.78 is 0. The number of anilines is 1. The molecule has 1 atom stereocenters. The molecule has 0 aromatic carbocycles. The summed E-state index contributed by atoms with van der Waals surface area (Å²) in [7, 11) is 0. The maximum absolute atomic E-state index is 4.34. The Morgan fingerprint density at radius 2 is 2.06 bits per heavy atom. The number of nitrogens with one attached hydrogen (secondary N) is 1. The Labute approximate surface area is 103 Å². The van der Waals surface area contributed by atoms with Crippen molar-refractivity contribution in [1.29, 1.82) is 0 Å². The molecular formula is C14H21N3. The molecule has 3 nitrogen and oxygen atoms in total. The van der Waals surface area contributed by atoms with Gasteiger partial charge in [0.2, 0.25) is 0 Å². The van der Waals surface area contributed by atoms with Crippen LogP contribution in [0.15, 0.2) is 24.4 Å². The van der Waals surface area contributed by atoms with Crippen molar-refractivity contribution in [2.45, 2.75) is 44.2 Å². The van der Waals surface area contributed by atoms with Gasteiger partial charge in [-0.2, -0.15) is 0 Å². The predicted octanol–water partition coefficient (Wildman–Crippen LogP) is 2.51. The number of hydrogen-bond acceptors (Lipinski definition) is 3. The SMILES string of the molecule is c1ccc(NC2CCN(C3CCCC3)C2)nc1. The van der Waals surface area contributed by atoms with Gasteiger partial charge >= 0.3 is 0 Å². The van der Waals surface area contributed by atoms with Gasteiger partial charge in [0, 0.05) is 31.4 Å². The molecule has 17 heavy (non-hydrogen) atoms. The fourth-order valence-corrected chi connectivity index (χ4v) is 3.16. The number of likely N-dealkylation sites (tertiary alicyclic amines) is 1. The second-order valence-electron chi connectivity index (χ2n) is 5.28. The highest BCUT2D eigenvalue weighted by atomic mass is 15.2. The van der Waals surface area contributed by atoms with Crippen LogP contribution >= 0.6 is 0 Å². The summed E-state index contributed by atoms with van der Waals surface area (Å²) in [5.41, 5.74) is 0. The minimum absolute atomic E-state index is 0.588. The summed E-state index contributed by atoms with van der Waals surface area (Å²) in [5, 5.41) is 3.54. The number of nitrogens with zero attached hydrogens (tertiary/aromatic N) is 2. The topological polar surface area (TPSA) is 28.2 Å². The van der Waals surface area contributed by atoms with Gasteiger partial charge in [-0.15, -0.1) is 0 Å². The molecule has 3 heteroatoms. The molecule has 1 saturated heterocycles. The van der Waals surface area contributed by atoms with E-state index in [1.54, 1.807) is 0 Å². The van der Waals surface area contributed by atoms with Crippen LogP contribution in [-0.2, 0) is 0 Å². The normalized spacial score (nSPS) is 26.5. The van der Waals surface area contributed by atoms with E-state index in [1.165, 1.54) is 45.2 Å². The van der Waals surface area contributed by atoms with Crippen LogP contribution in [0.5, 0.6) is 0 Å². The maximum atomic E-state index is 4.34. The average molecular weight is 231 g/mol. The molecule has 0 amide bonds. The van der Waals surface area contributed by atoms with Crippen LogP contribution in [0.25, 0.3) is 0 Å². The Morgan fingerprint density at radius 3 is 2.82 bits per heavy atom. The van der Waals surface area contributed by atoms with E-state index in [4.69, 9.17) is 0 Å². The first kappa shape index (κ1) is 11.0. The summed E-state index contributed by atoms with van der Waals surface area (Å²) in [6.45, 7) is 2.45. The monoisotopic (exact) mass is 231 g/mol. The van der Waals surface area contributed by atoms with E-state index < -0.39 is 0 Å². The highest BCUT2D eigenvalue weighted by Crippen LogP contribution is 2.27. The Kier molecular flexibility index (Phi) is 3.27. The van der Waals surface area contributed by atoms with Crippen molar-refractivity contribution in [2.24, 2.45) is 0 Å². The fraction of sp³-hybridized carbons (Fsp3) is 0.643. The first-order valence-corrected chi connectivity index (χ1v) is 6.83. The maximum Gasteiger partial charge on any atom is 0.126 e. The smallest absolute Gasteiger partial charge is 0.126 e. The van der Waals surface area contributed by atoms with E-state index in [-0.39, 0.29) is 0 Å². The second kappa shape index (κ2) is 5.05. The van der Waals surface area contributed by atoms with Crippen molar-refractivity contribution in [1.82, 2.24) is 9.88 Å². The lowest BCUT2D eigenvalue weighted by molar-refractivity contribution is 0.245. The molecule has 1 aromatic heterocycles. The lowest BCUT2D eigenvalue weighted by atomic mass is 10.2. The largest absolute Gasteiger partial charge is 0.366 e. The molecule has 1 aromatic rings. The number of hydrogen-bond donors (Lipinski definition) is 1. The zero-order valence-corrected chi connectivity index (χ0v) is 10.3.